The number of hydrogen-bond acceptors (Lipinski definition) is 2. The first kappa shape index (κ1) is 22.7. The van der Waals surface area contributed by atoms with E-state index in [0.717, 1.165) is 30.9 Å². The maximum absolute atomic E-state index is 10.7. The first-order valence-electron chi connectivity index (χ1n) is 11.0. The average Bonchev–Trinajstić information content (AvgIpc) is 2.58. The zero-order valence-corrected chi connectivity index (χ0v) is 18.7. The fraction of sp³-hybridized carbons (Fsp3) is 0.750. The number of urea groups is 1. The summed E-state index contributed by atoms with van der Waals surface area (Å²) in [5.41, 5.74) is 12.0. The van der Waals surface area contributed by atoms with Crippen molar-refractivity contribution in [1.29, 1.82) is 0 Å². The lowest BCUT2D eigenvalue weighted by molar-refractivity contribution is -0.0539. The van der Waals surface area contributed by atoms with Crippen LogP contribution in [0.15, 0.2) is 28.9 Å². The van der Waals surface area contributed by atoms with Crippen LogP contribution in [0.1, 0.15) is 92.4 Å². The van der Waals surface area contributed by atoms with Gasteiger partial charge >= 0.3 is 6.03 Å². The normalized spacial score (nSPS) is 30.7. The van der Waals surface area contributed by atoms with Crippen molar-refractivity contribution in [2.75, 3.05) is 0 Å². The van der Waals surface area contributed by atoms with E-state index in [2.05, 4.69) is 50.9 Å². The van der Waals surface area contributed by atoms with Crippen LogP contribution in [0, 0.1) is 22.7 Å². The van der Waals surface area contributed by atoms with Crippen molar-refractivity contribution in [1.82, 2.24) is 5.43 Å². The van der Waals surface area contributed by atoms with Gasteiger partial charge in [-0.05, 0) is 87.9 Å². The first-order chi connectivity index (χ1) is 13.1. The molecule has 2 saturated carbocycles. The van der Waals surface area contributed by atoms with Crippen molar-refractivity contribution in [2.24, 2.45) is 33.5 Å². The quantitative estimate of drug-likeness (QED) is 0.299. The molecule has 2 fully saturated rings. The third kappa shape index (κ3) is 5.48. The fourth-order valence-electron chi connectivity index (χ4n) is 6.02. The minimum absolute atomic E-state index is 0.418. The summed E-state index contributed by atoms with van der Waals surface area (Å²) in [5.74, 6) is 1.47. The molecule has 3 N–H and O–H groups in total. The third-order valence-corrected chi connectivity index (χ3v) is 7.50. The van der Waals surface area contributed by atoms with Gasteiger partial charge in [-0.15, -0.1) is 0 Å². The second-order valence-electron chi connectivity index (χ2n) is 10.1. The number of carbonyl (C=O) groups excluding carboxylic acids is 1. The average molecular weight is 388 g/mol. The molecule has 2 rings (SSSR count). The van der Waals surface area contributed by atoms with Crippen molar-refractivity contribution in [3.05, 3.63) is 23.8 Å². The lowest BCUT2D eigenvalue weighted by atomic mass is 9.47. The summed E-state index contributed by atoms with van der Waals surface area (Å²) >= 11 is 0. The number of hydrazone groups is 1. The monoisotopic (exact) mass is 387 g/mol. The van der Waals surface area contributed by atoms with Crippen LogP contribution in [0.3, 0.4) is 0 Å². The largest absolute Gasteiger partial charge is 0.350 e. The molecule has 0 aromatic rings. The molecule has 0 aliphatic heterocycles. The van der Waals surface area contributed by atoms with Crippen LogP contribution in [0.2, 0.25) is 0 Å². The number of nitrogens with zero attached hydrogens (tertiary/aromatic N) is 1. The SMILES string of the molecule is C=C1CC[C@H]2C(C)(C)CCC[C@@]2(C)[C@@H]1CC/C(C)=C\CC/C(C)=N\NC(N)=O. The molecule has 0 unspecified atom stereocenters. The summed E-state index contributed by atoms with van der Waals surface area (Å²) in [6.45, 7) is 16.2. The van der Waals surface area contributed by atoms with Crippen LogP contribution in [0.4, 0.5) is 4.79 Å². The molecule has 0 heterocycles. The molecule has 28 heavy (non-hydrogen) atoms. The molecule has 0 spiro atoms. The van der Waals surface area contributed by atoms with E-state index in [9.17, 15) is 4.79 Å². The Hall–Kier alpha value is -1.58. The molecule has 2 aliphatic rings. The minimum atomic E-state index is -0.614. The maximum atomic E-state index is 10.7. The number of allylic oxidation sites excluding steroid dienone is 3. The highest BCUT2D eigenvalue weighted by Crippen LogP contribution is 2.61. The number of nitrogens with two attached hydrogens (primary N) is 1. The molecule has 0 aromatic carbocycles. The molecular weight excluding hydrogens is 346 g/mol. The van der Waals surface area contributed by atoms with Crippen molar-refractivity contribution in [3.63, 3.8) is 0 Å². The van der Waals surface area contributed by atoms with E-state index in [4.69, 9.17) is 5.73 Å². The van der Waals surface area contributed by atoms with Gasteiger partial charge in [0.05, 0.1) is 0 Å². The van der Waals surface area contributed by atoms with Gasteiger partial charge in [0.2, 0.25) is 0 Å². The van der Waals surface area contributed by atoms with E-state index >= 15 is 0 Å². The highest BCUT2D eigenvalue weighted by molar-refractivity contribution is 5.83. The molecule has 0 saturated heterocycles. The summed E-state index contributed by atoms with van der Waals surface area (Å²) in [5, 5.41) is 3.97. The second kappa shape index (κ2) is 9.28. The van der Waals surface area contributed by atoms with Crippen molar-refractivity contribution < 1.29 is 4.79 Å². The van der Waals surface area contributed by atoms with Gasteiger partial charge < -0.3 is 5.73 Å². The zero-order valence-electron chi connectivity index (χ0n) is 18.7. The number of hydrogen-bond donors (Lipinski definition) is 2. The Morgan fingerprint density at radius 2 is 2.00 bits per heavy atom. The topological polar surface area (TPSA) is 67.5 Å². The molecule has 158 valence electrons. The Labute approximate surface area is 172 Å². The van der Waals surface area contributed by atoms with Crippen LogP contribution in [0.25, 0.3) is 0 Å². The van der Waals surface area contributed by atoms with Gasteiger partial charge in [0, 0.05) is 5.71 Å². The van der Waals surface area contributed by atoms with E-state index in [0.29, 0.717) is 16.7 Å². The molecule has 4 heteroatoms. The summed E-state index contributed by atoms with van der Waals surface area (Å²) in [4.78, 5) is 10.7. The van der Waals surface area contributed by atoms with Crippen molar-refractivity contribution in [2.45, 2.75) is 92.4 Å². The Kier molecular flexibility index (Phi) is 7.52. The zero-order chi connectivity index (χ0) is 20.9. The molecule has 0 bridgehead atoms. The molecule has 0 radical (unpaired) electrons. The fourth-order valence-corrected chi connectivity index (χ4v) is 6.02. The number of primary amides is 1. The lowest BCUT2D eigenvalue weighted by Crippen LogP contribution is -2.49. The number of rotatable bonds is 7. The standard InChI is InChI=1S/C24H41N3O/c1-17(9-7-10-19(3)26-27-22(25)28)11-13-20-18(2)12-14-21-23(4,5)15-8-16-24(20,21)6/h9,20-21H,2,7-8,10-16H2,1,3-6H3,(H3,25,27,28)/b17-9-,26-19-/t20-,21+,24+/m1/s1. The van der Waals surface area contributed by atoms with Crippen LogP contribution in [-0.2, 0) is 0 Å². The van der Waals surface area contributed by atoms with E-state index in [1.807, 2.05) is 6.92 Å². The molecule has 2 amide bonds. The van der Waals surface area contributed by atoms with E-state index in [-0.39, 0.29) is 0 Å². The second-order valence-corrected chi connectivity index (χ2v) is 10.1. The van der Waals surface area contributed by atoms with Gasteiger partial charge in [-0.25, -0.2) is 10.2 Å². The Morgan fingerprint density at radius 1 is 1.29 bits per heavy atom. The van der Waals surface area contributed by atoms with E-state index in [1.165, 1.54) is 49.7 Å². The highest BCUT2D eigenvalue weighted by Gasteiger charge is 2.52. The Bertz CT molecular complexity index is 646. The number of nitrogens with one attached hydrogen (secondary N) is 1. The van der Waals surface area contributed by atoms with Gasteiger partial charge in [-0.3, -0.25) is 0 Å². The first-order valence-corrected chi connectivity index (χ1v) is 11.0. The van der Waals surface area contributed by atoms with E-state index < -0.39 is 6.03 Å². The smallest absolute Gasteiger partial charge is 0.332 e. The van der Waals surface area contributed by atoms with Crippen molar-refractivity contribution >= 4 is 11.7 Å². The Balaban J connectivity index is 1.93. The van der Waals surface area contributed by atoms with Gasteiger partial charge in [-0.2, -0.15) is 5.10 Å². The molecule has 4 nitrogen and oxygen atoms in total. The Morgan fingerprint density at radius 3 is 2.68 bits per heavy atom. The maximum Gasteiger partial charge on any atom is 0.332 e. The van der Waals surface area contributed by atoms with Crippen LogP contribution in [0.5, 0.6) is 0 Å². The summed E-state index contributed by atoms with van der Waals surface area (Å²) in [6.07, 6.45) is 13.1. The predicted octanol–water partition coefficient (Wildman–Crippen LogP) is 6.34. The van der Waals surface area contributed by atoms with Gasteiger partial charge in [0.25, 0.3) is 0 Å². The van der Waals surface area contributed by atoms with E-state index in [1.54, 1.807) is 0 Å². The van der Waals surface area contributed by atoms with Gasteiger partial charge in [0.15, 0.2) is 0 Å². The highest BCUT2D eigenvalue weighted by atomic mass is 16.2. The molecule has 3 atom stereocenters. The van der Waals surface area contributed by atoms with Gasteiger partial charge in [-0.1, -0.05) is 51.0 Å². The van der Waals surface area contributed by atoms with Crippen LogP contribution < -0.4 is 11.2 Å². The van der Waals surface area contributed by atoms with Crippen molar-refractivity contribution in [3.8, 4) is 0 Å². The number of carbonyl (C=O) groups is 1. The minimum Gasteiger partial charge on any atom is -0.350 e. The summed E-state index contributed by atoms with van der Waals surface area (Å²) in [7, 11) is 0. The van der Waals surface area contributed by atoms with Crippen LogP contribution in [-0.4, -0.2) is 11.7 Å². The summed E-state index contributed by atoms with van der Waals surface area (Å²) < 4.78 is 0. The van der Waals surface area contributed by atoms with Crippen LogP contribution >= 0.6 is 0 Å². The predicted molar refractivity (Wildman–Crippen MR) is 119 cm³/mol. The number of amides is 2. The lowest BCUT2D eigenvalue weighted by Gasteiger charge is -2.58. The number of fused-ring (bicyclic) bond motifs is 1. The summed E-state index contributed by atoms with van der Waals surface area (Å²) in [6, 6.07) is -0.614. The van der Waals surface area contributed by atoms with Gasteiger partial charge in [0.1, 0.15) is 0 Å². The third-order valence-electron chi connectivity index (χ3n) is 7.50. The molecule has 0 aromatic heterocycles. The molecule has 2 aliphatic carbocycles. The molecular formula is C24H41N3O.